The van der Waals surface area contributed by atoms with Gasteiger partial charge in [0, 0.05) is 18.5 Å². The Balaban J connectivity index is 1.97. The summed E-state index contributed by atoms with van der Waals surface area (Å²) in [6, 6.07) is 7.92. The number of fused-ring (bicyclic) bond motifs is 1. The van der Waals surface area contributed by atoms with E-state index in [4.69, 9.17) is 5.73 Å². The number of carbonyl (C=O) groups excluding carboxylic acids is 1. The number of hydrogen-bond donors (Lipinski definition) is 1. The molecule has 1 fully saturated rings. The molecule has 1 atom stereocenters. The summed E-state index contributed by atoms with van der Waals surface area (Å²) >= 11 is 0. The predicted molar refractivity (Wildman–Crippen MR) is 73.7 cm³/mol. The molecule has 1 saturated heterocycles. The molecule has 0 saturated carbocycles. The van der Waals surface area contributed by atoms with Crippen LogP contribution in [0.2, 0.25) is 0 Å². The maximum atomic E-state index is 11.4. The molecule has 1 aliphatic rings. The largest absolute Gasteiger partial charge is 0.369 e. The van der Waals surface area contributed by atoms with Gasteiger partial charge in [-0.1, -0.05) is 12.1 Å². The van der Waals surface area contributed by atoms with Crippen LogP contribution in [0.1, 0.15) is 12.8 Å². The topological polar surface area (TPSA) is 72.1 Å². The predicted octanol–water partition coefficient (Wildman–Crippen LogP) is 1.33. The van der Waals surface area contributed by atoms with Crippen molar-refractivity contribution >= 4 is 22.6 Å². The smallest absolute Gasteiger partial charge is 0.222 e. The van der Waals surface area contributed by atoms with Crippen LogP contribution in [0.3, 0.4) is 0 Å². The van der Waals surface area contributed by atoms with Crippen molar-refractivity contribution < 1.29 is 4.79 Å². The van der Waals surface area contributed by atoms with E-state index in [0.717, 1.165) is 36.1 Å². The average molecular weight is 256 g/mol. The summed E-state index contributed by atoms with van der Waals surface area (Å²) in [5, 5.41) is 1.02. The van der Waals surface area contributed by atoms with Crippen molar-refractivity contribution in [3.8, 4) is 0 Å². The summed E-state index contributed by atoms with van der Waals surface area (Å²) < 4.78 is 0. The summed E-state index contributed by atoms with van der Waals surface area (Å²) in [5.74, 6) is 0.599. The van der Waals surface area contributed by atoms with Gasteiger partial charge >= 0.3 is 0 Å². The van der Waals surface area contributed by atoms with Gasteiger partial charge in [0.05, 0.1) is 11.4 Å². The van der Waals surface area contributed by atoms with Crippen LogP contribution in [-0.2, 0) is 4.79 Å². The van der Waals surface area contributed by atoms with E-state index in [-0.39, 0.29) is 11.8 Å². The molecule has 0 unspecified atom stereocenters. The second-order valence-electron chi connectivity index (χ2n) is 4.90. The van der Waals surface area contributed by atoms with Crippen LogP contribution in [-0.4, -0.2) is 29.0 Å². The third-order valence-corrected chi connectivity index (χ3v) is 3.65. The molecule has 2 aromatic rings. The molecule has 19 heavy (non-hydrogen) atoms. The molecule has 1 aliphatic heterocycles. The van der Waals surface area contributed by atoms with Crippen LogP contribution in [0.25, 0.3) is 10.9 Å². The van der Waals surface area contributed by atoms with E-state index in [1.54, 1.807) is 6.33 Å². The van der Waals surface area contributed by atoms with E-state index in [1.807, 2.05) is 24.3 Å². The first-order valence-electron chi connectivity index (χ1n) is 6.49. The molecule has 2 heterocycles. The van der Waals surface area contributed by atoms with Gasteiger partial charge in [-0.05, 0) is 25.0 Å². The normalized spacial score (nSPS) is 19.6. The molecule has 0 bridgehead atoms. The van der Waals surface area contributed by atoms with Crippen molar-refractivity contribution in [2.24, 2.45) is 11.7 Å². The number of benzene rings is 1. The fraction of sp³-hybridized carbons (Fsp3) is 0.357. The molecular weight excluding hydrogens is 240 g/mol. The lowest BCUT2D eigenvalue weighted by Crippen LogP contribution is -2.41. The van der Waals surface area contributed by atoms with Crippen molar-refractivity contribution in [1.82, 2.24) is 9.97 Å². The number of amides is 1. The molecule has 3 rings (SSSR count). The minimum Gasteiger partial charge on any atom is -0.369 e. The van der Waals surface area contributed by atoms with Gasteiger partial charge < -0.3 is 10.6 Å². The summed E-state index contributed by atoms with van der Waals surface area (Å²) in [4.78, 5) is 22.1. The Hall–Kier alpha value is -2.17. The molecule has 1 aromatic heterocycles. The van der Waals surface area contributed by atoms with Gasteiger partial charge in [-0.25, -0.2) is 9.97 Å². The molecule has 0 aliphatic carbocycles. The fourth-order valence-corrected chi connectivity index (χ4v) is 2.64. The van der Waals surface area contributed by atoms with Crippen LogP contribution in [0.15, 0.2) is 30.6 Å². The van der Waals surface area contributed by atoms with E-state index < -0.39 is 0 Å². The number of nitrogens with zero attached hydrogens (tertiary/aromatic N) is 3. The van der Waals surface area contributed by atoms with E-state index in [0.29, 0.717) is 6.54 Å². The Bertz CT molecular complexity index is 608. The van der Waals surface area contributed by atoms with Gasteiger partial charge in [0.1, 0.15) is 12.1 Å². The van der Waals surface area contributed by atoms with Crippen LogP contribution in [0.5, 0.6) is 0 Å². The number of carbonyl (C=O) groups is 1. The summed E-state index contributed by atoms with van der Waals surface area (Å²) in [7, 11) is 0. The highest BCUT2D eigenvalue weighted by molar-refractivity contribution is 5.89. The second kappa shape index (κ2) is 4.84. The molecule has 2 N–H and O–H groups in total. The van der Waals surface area contributed by atoms with Crippen LogP contribution in [0, 0.1) is 5.92 Å². The van der Waals surface area contributed by atoms with Crippen molar-refractivity contribution in [3.05, 3.63) is 30.6 Å². The standard InChI is InChI=1S/C14H16N4O/c15-13(19)10-4-3-7-18(8-10)14-11-5-1-2-6-12(11)16-9-17-14/h1-2,5-6,9-10H,3-4,7-8H2,(H2,15,19)/t10-/m0/s1. The van der Waals surface area contributed by atoms with E-state index >= 15 is 0 Å². The van der Waals surface area contributed by atoms with Gasteiger partial charge in [-0.15, -0.1) is 0 Å². The first kappa shape index (κ1) is 11.9. The number of nitrogens with two attached hydrogens (primary N) is 1. The molecule has 0 spiro atoms. The molecule has 1 aromatic carbocycles. The van der Waals surface area contributed by atoms with Gasteiger partial charge in [-0.3, -0.25) is 4.79 Å². The van der Waals surface area contributed by atoms with Crippen LogP contribution >= 0.6 is 0 Å². The second-order valence-corrected chi connectivity index (χ2v) is 4.90. The highest BCUT2D eigenvalue weighted by atomic mass is 16.1. The van der Waals surface area contributed by atoms with Crippen molar-refractivity contribution in [2.75, 3.05) is 18.0 Å². The maximum absolute atomic E-state index is 11.4. The van der Waals surface area contributed by atoms with E-state index in [9.17, 15) is 4.79 Å². The van der Waals surface area contributed by atoms with Crippen molar-refractivity contribution in [3.63, 3.8) is 0 Å². The molecule has 5 heteroatoms. The Morgan fingerprint density at radius 3 is 3.00 bits per heavy atom. The highest BCUT2D eigenvalue weighted by Gasteiger charge is 2.25. The van der Waals surface area contributed by atoms with Crippen molar-refractivity contribution in [1.29, 1.82) is 0 Å². The zero-order valence-electron chi connectivity index (χ0n) is 10.6. The first-order valence-corrected chi connectivity index (χ1v) is 6.49. The zero-order valence-corrected chi connectivity index (χ0v) is 10.6. The van der Waals surface area contributed by atoms with E-state index in [1.165, 1.54) is 0 Å². The number of hydrogen-bond acceptors (Lipinski definition) is 4. The third kappa shape index (κ3) is 2.23. The van der Waals surface area contributed by atoms with Gasteiger partial charge in [0.2, 0.25) is 5.91 Å². The SMILES string of the molecule is NC(=O)[C@H]1CCCN(c2ncnc3ccccc23)C1. The maximum Gasteiger partial charge on any atom is 0.222 e. The lowest BCUT2D eigenvalue weighted by atomic mass is 9.97. The fourth-order valence-electron chi connectivity index (χ4n) is 2.64. The zero-order chi connectivity index (χ0) is 13.2. The number of aromatic nitrogens is 2. The van der Waals surface area contributed by atoms with Crippen LogP contribution < -0.4 is 10.6 Å². The minimum atomic E-state index is -0.219. The number of rotatable bonds is 2. The van der Waals surface area contributed by atoms with Crippen LogP contribution in [0.4, 0.5) is 5.82 Å². The monoisotopic (exact) mass is 256 g/mol. The van der Waals surface area contributed by atoms with Crippen molar-refractivity contribution in [2.45, 2.75) is 12.8 Å². The summed E-state index contributed by atoms with van der Waals surface area (Å²) in [5.41, 5.74) is 6.35. The molecular formula is C14H16N4O. The first-order chi connectivity index (χ1) is 9.25. The molecule has 1 amide bonds. The Morgan fingerprint density at radius 2 is 2.16 bits per heavy atom. The lowest BCUT2D eigenvalue weighted by Gasteiger charge is -2.32. The number of para-hydroxylation sites is 1. The van der Waals surface area contributed by atoms with Gasteiger partial charge in [0.25, 0.3) is 0 Å². The van der Waals surface area contributed by atoms with E-state index in [2.05, 4.69) is 14.9 Å². The summed E-state index contributed by atoms with van der Waals surface area (Å²) in [6.45, 7) is 1.56. The number of anilines is 1. The number of primary amides is 1. The summed E-state index contributed by atoms with van der Waals surface area (Å²) in [6.07, 6.45) is 3.41. The number of piperidine rings is 1. The Morgan fingerprint density at radius 1 is 1.32 bits per heavy atom. The van der Waals surface area contributed by atoms with Gasteiger partial charge in [-0.2, -0.15) is 0 Å². The minimum absolute atomic E-state index is 0.0810. The Kier molecular flexibility index (Phi) is 3.03. The quantitative estimate of drug-likeness (QED) is 0.880. The molecule has 5 nitrogen and oxygen atoms in total. The molecule has 98 valence electrons. The van der Waals surface area contributed by atoms with Gasteiger partial charge in [0.15, 0.2) is 0 Å². The molecule has 0 radical (unpaired) electrons. The lowest BCUT2D eigenvalue weighted by molar-refractivity contribution is -0.122. The Labute approximate surface area is 111 Å². The third-order valence-electron chi connectivity index (χ3n) is 3.65. The average Bonchev–Trinajstić information content (AvgIpc) is 2.47. The highest BCUT2D eigenvalue weighted by Crippen LogP contribution is 2.27.